The molecule has 1 aromatic carbocycles. The van der Waals surface area contributed by atoms with E-state index >= 15 is 0 Å². The summed E-state index contributed by atoms with van der Waals surface area (Å²) in [6.07, 6.45) is 3.19. The number of carbonyl (C=O) groups is 1. The second kappa shape index (κ2) is 8.19. The van der Waals surface area contributed by atoms with Crippen molar-refractivity contribution in [3.05, 3.63) is 65.6 Å². The zero-order valence-electron chi connectivity index (χ0n) is 16.9. The van der Waals surface area contributed by atoms with Gasteiger partial charge in [0.25, 0.3) is 5.91 Å². The van der Waals surface area contributed by atoms with Crippen LogP contribution in [0.1, 0.15) is 47.3 Å². The number of tetrazole rings is 1. The number of pyridine rings is 1. The Hall–Kier alpha value is -3.95. The van der Waals surface area contributed by atoms with E-state index in [4.69, 9.17) is 0 Å². The summed E-state index contributed by atoms with van der Waals surface area (Å²) < 4.78 is 1.65. The number of nitrogens with zero attached hydrogens (tertiary/aromatic N) is 7. The van der Waals surface area contributed by atoms with Gasteiger partial charge in [0.2, 0.25) is 0 Å². The Labute approximate surface area is 172 Å². The molecule has 0 spiro atoms. The molecule has 10 nitrogen and oxygen atoms in total. The Morgan fingerprint density at radius 3 is 2.77 bits per heavy atom. The van der Waals surface area contributed by atoms with Crippen LogP contribution in [0.3, 0.4) is 0 Å². The van der Waals surface area contributed by atoms with Gasteiger partial charge in [0.05, 0.1) is 17.9 Å². The highest BCUT2D eigenvalue weighted by molar-refractivity contribution is 5.96. The third-order valence-electron chi connectivity index (χ3n) is 4.52. The van der Waals surface area contributed by atoms with Crippen LogP contribution in [-0.2, 0) is 6.54 Å². The Bertz CT molecular complexity index is 1150. The predicted octanol–water partition coefficient (Wildman–Crippen LogP) is 2.20. The second-order valence-electron chi connectivity index (χ2n) is 7.21. The number of nitrogens with one attached hydrogen (secondary N) is 2. The molecular formula is C20H21N9O. The summed E-state index contributed by atoms with van der Waals surface area (Å²) in [5.74, 6) is 1.14. The minimum Gasteiger partial charge on any atom is -0.345 e. The standard InChI is InChI=1S/C20H21N9O/c1-12(2)19-26-27-28-29(19)16-7-14(17-5-4-13(3)9-21-17)6-15(8-16)20(30)22-10-18-23-11-24-25-18/h4-9,11-12H,10H2,1-3H3,(H,22,30)(H,23,24,25). The van der Waals surface area contributed by atoms with Crippen LogP contribution in [0, 0.1) is 6.92 Å². The number of benzene rings is 1. The first-order chi connectivity index (χ1) is 14.5. The lowest BCUT2D eigenvalue weighted by Gasteiger charge is -2.12. The number of amides is 1. The first kappa shape index (κ1) is 19.4. The van der Waals surface area contributed by atoms with Gasteiger partial charge in [0.15, 0.2) is 5.82 Å². The molecule has 152 valence electrons. The molecule has 0 aliphatic heterocycles. The Morgan fingerprint density at radius 1 is 1.20 bits per heavy atom. The molecule has 30 heavy (non-hydrogen) atoms. The molecule has 3 heterocycles. The van der Waals surface area contributed by atoms with Gasteiger partial charge < -0.3 is 5.32 Å². The predicted molar refractivity (Wildman–Crippen MR) is 109 cm³/mol. The number of hydrogen-bond acceptors (Lipinski definition) is 7. The summed E-state index contributed by atoms with van der Waals surface area (Å²) >= 11 is 0. The molecule has 1 amide bonds. The van der Waals surface area contributed by atoms with Crippen molar-refractivity contribution < 1.29 is 4.79 Å². The Morgan fingerprint density at radius 2 is 2.07 bits per heavy atom. The van der Waals surface area contributed by atoms with Gasteiger partial charge in [-0.25, -0.2) is 4.98 Å². The summed E-state index contributed by atoms with van der Waals surface area (Å²) in [6, 6.07) is 9.39. The lowest BCUT2D eigenvalue weighted by atomic mass is 10.0. The zero-order chi connectivity index (χ0) is 21.1. The molecular weight excluding hydrogens is 382 g/mol. The van der Waals surface area contributed by atoms with E-state index in [0.717, 1.165) is 16.8 Å². The molecule has 0 radical (unpaired) electrons. The topological polar surface area (TPSA) is 127 Å². The fraction of sp³-hybridized carbons (Fsp3) is 0.250. The van der Waals surface area contributed by atoms with Crippen molar-refractivity contribution in [2.75, 3.05) is 0 Å². The van der Waals surface area contributed by atoms with Gasteiger partial charge >= 0.3 is 0 Å². The summed E-state index contributed by atoms with van der Waals surface area (Å²) in [6.45, 7) is 6.24. The van der Waals surface area contributed by atoms with Crippen molar-refractivity contribution in [1.29, 1.82) is 0 Å². The third kappa shape index (κ3) is 4.07. The second-order valence-corrected chi connectivity index (χ2v) is 7.21. The molecule has 0 atom stereocenters. The number of aromatic nitrogens is 8. The van der Waals surface area contributed by atoms with Crippen LogP contribution < -0.4 is 5.32 Å². The molecule has 2 N–H and O–H groups in total. The van der Waals surface area contributed by atoms with Crippen LogP contribution in [0.25, 0.3) is 16.9 Å². The van der Waals surface area contributed by atoms with Crippen LogP contribution in [0.4, 0.5) is 0 Å². The van der Waals surface area contributed by atoms with Crippen LogP contribution in [-0.4, -0.2) is 46.3 Å². The van der Waals surface area contributed by atoms with Crippen molar-refractivity contribution >= 4 is 5.91 Å². The normalized spacial score (nSPS) is 11.1. The van der Waals surface area contributed by atoms with E-state index in [1.54, 1.807) is 23.0 Å². The molecule has 0 saturated heterocycles. The molecule has 0 aliphatic carbocycles. The maximum atomic E-state index is 12.9. The summed E-state index contributed by atoms with van der Waals surface area (Å²) in [5, 5.41) is 21.4. The fourth-order valence-corrected chi connectivity index (χ4v) is 2.97. The molecule has 0 unspecified atom stereocenters. The molecule has 0 saturated carbocycles. The van der Waals surface area contributed by atoms with Crippen molar-refractivity contribution in [3.63, 3.8) is 0 Å². The Kier molecular flexibility index (Phi) is 5.29. The van der Waals surface area contributed by atoms with Crippen LogP contribution in [0.2, 0.25) is 0 Å². The molecule has 0 bridgehead atoms. The zero-order valence-corrected chi connectivity index (χ0v) is 16.9. The quantitative estimate of drug-likeness (QED) is 0.505. The first-order valence-electron chi connectivity index (χ1n) is 9.50. The SMILES string of the molecule is Cc1ccc(-c2cc(C(=O)NCc3ncn[nH]3)cc(-n3nnnc3C(C)C)c2)nc1. The van der Waals surface area contributed by atoms with E-state index < -0.39 is 0 Å². The molecule has 10 heteroatoms. The van der Waals surface area contributed by atoms with Crippen LogP contribution in [0.15, 0.2) is 42.9 Å². The van der Waals surface area contributed by atoms with E-state index in [-0.39, 0.29) is 18.4 Å². The molecule has 0 aliphatic rings. The lowest BCUT2D eigenvalue weighted by molar-refractivity contribution is 0.0950. The smallest absolute Gasteiger partial charge is 0.251 e. The number of aromatic amines is 1. The molecule has 0 fully saturated rings. The average molecular weight is 403 g/mol. The van der Waals surface area contributed by atoms with Gasteiger partial charge in [0, 0.05) is 23.2 Å². The molecule has 4 aromatic rings. The molecule has 3 aromatic heterocycles. The number of carbonyl (C=O) groups excluding carboxylic acids is 1. The van der Waals surface area contributed by atoms with E-state index in [0.29, 0.717) is 22.9 Å². The minimum atomic E-state index is -0.249. The fourth-order valence-electron chi connectivity index (χ4n) is 2.97. The first-order valence-corrected chi connectivity index (χ1v) is 9.50. The van der Waals surface area contributed by atoms with Gasteiger partial charge in [-0.1, -0.05) is 19.9 Å². The number of H-pyrrole nitrogens is 1. The van der Waals surface area contributed by atoms with Crippen molar-refractivity contribution in [1.82, 2.24) is 45.7 Å². The van der Waals surface area contributed by atoms with E-state index in [9.17, 15) is 4.79 Å². The van der Waals surface area contributed by atoms with Crippen molar-refractivity contribution in [3.8, 4) is 16.9 Å². The minimum absolute atomic E-state index is 0.116. The monoisotopic (exact) mass is 403 g/mol. The summed E-state index contributed by atoms with van der Waals surface area (Å²) in [4.78, 5) is 21.4. The molecule has 4 rings (SSSR count). The maximum Gasteiger partial charge on any atom is 0.251 e. The van der Waals surface area contributed by atoms with Crippen LogP contribution in [0.5, 0.6) is 0 Å². The van der Waals surface area contributed by atoms with Crippen molar-refractivity contribution in [2.24, 2.45) is 0 Å². The number of hydrogen-bond donors (Lipinski definition) is 2. The van der Waals surface area contributed by atoms with E-state index in [2.05, 4.69) is 41.0 Å². The number of rotatable bonds is 6. The number of aryl methyl sites for hydroxylation is 1. The van der Waals surface area contributed by atoms with Gasteiger partial charge in [-0.05, 0) is 47.2 Å². The average Bonchev–Trinajstić information content (AvgIpc) is 3.44. The van der Waals surface area contributed by atoms with E-state index in [1.165, 1.54) is 6.33 Å². The highest BCUT2D eigenvalue weighted by Gasteiger charge is 2.16. The van der Waals surface area contributed by atoms with E-state index in [1.807, 2.05) is 39.0 Å². The summed E-state index contributed by atoms with van der Waals surface area (Å²) in [7, 11) is 0. The van der Waals surface area contributed by atoms with Crippen molar-refractivity contribution in [2.45, 2.75) is 33.2 Å². The van der Waals surface area contributed by atoms with Gasteiger partial charge in [0.1, 0.15) is 12.2 Å². The lowest BCUT2D eigenvalue weighted by Crippen LogP contribution is -2.23. The summed E-state index contributed by atoms with van der Waals surface area (Å²) in [5.41, 5.74) is 3.76. The highest BCUT2D eigenvalue weighted by Crippen LogP contribution is 2.24. The van der Waals surface area contributed by atoms with Gasteiger partial charge in [-0.2, -0.15) is 9.78 Å². The highest BCUT2D eigenvalue weighted by atomic mass is 16.1. The van der Waals surface area contributed by atoms with Crippen LogP contribution >= 0.6 is 0 Å². The van der Waals surface area contributed by atoms with Gasteiger partial charge in [-0.3, -0.25) is 14.9 Å². The maximum absolute atomic E-state index is 12.9. The Balaban J connectivity index is 1.74. The van der Waals surface area contributed by atoms with Gasteiger partial charge in [-0.15, -0.1) is 5.10 Å². The largest absolute Gasteiger partial charge is 0.345 e. The third-order valence-corrected chi connectivity index (χ3v) is 4.52.